The Labute approximate surface area is 184 Å². The summed E-state index contributed by atoms with van der Waals surface area (Å²) in [4.78, 5) is 22.5. The van der Waals surface area contributed by atoms with Crippen molar-refractivity contribution in [1.29, 1.82) is 0 Å². The number of pyridine rings is 1. The average Bonchev–Trinajstić information content (AvgIpc) is 3.19. The van der Waals surface area contributed by atoms with E-state index in [9.17, 15) is 13.2 Å². The van der Waals surface area contributed by atoms with Crippen molar-refractivity contribution in [3.05, 3.63) is 72.4 Å². The van der Waals surface area contributed by atoms with Gasteiger partial charge in [-0.15, -0.1) is 0 Å². The summed E-state index contributed by atoms with van der Waals surface area (Å²) in [6, 6.07) is 17.8. The Balaban J connectivity index is 1.41. The second-order valence-corrected chi connectivity index (χ2v) is 10.9. The molecule has 2 aromatic heterocycles. The normalized spacial score (nSPS) is 11.7. The molecule has 0 spiro atoms. The molecule has 0 aliphatic carbocycles. The van der Waals surface area contributed by atoms with Crippen molar-refractivity contribution in [2.75, 3.05) is 5.32 Å². The van der Waals surface area contributed by atoms with Crippen LogP contribution in [0.1, 0.15) is 19.4 Å². The maximum atomic E-state index is 12.4. The lowest BCUT2D eigenvalue weighted by Crippen LogP contribution is -2.15. The van der Waals surface area contributed by atoms with Crippen molar-refractivity contribution in [1.82, 2.24) is 9.97 Å². The van der Waals surface area contributed by atoms with E-state index >= 15 is 0 Å². The van der Waals surface area contributed by atoms with Gasteiger partial charge in [-0.2, -0.15) is 0 Å². The number of hydrogen-bond donors (Lipinski definition) is 1. The monoisotopic (exact) mass is 451 g/mol. The maximum Gasteiger partial charge on any atom is 0.228 e. The molecule has 4 rings (SSSR count). The summed E-state index contributed by atoms with van der Waals surface area (Å²) in [6.45, 7) is 3.30. The Morgan fingerprint density at radius 3 is 2.39 bits per heavy atom. The first-order valence-corrected chi connectivity index (χ1v) is 12.1. The molecule has 0 atom stereocenters. The number of anilines is 1. The molecule has 4 aromatic rings. The minimum atomic E-state index is -3.32. The third-order valence-electron chi connectivity index (χ3n) is 4.82. The van der Waals surface area contributed by atoms with Gasteiger partial charge in [0, 0.05) is 17.4 Å². The molecule has 8 heteroatoms. The molecule has 0 fully saturated rings. The van der Waals surface area contributed by atoms with E-state index in [0.29, 0.717) is 5.69 Å². The van der Waals surface area contributed by atoms with E-state index in [2.05, 4.69) is 15.3 Å². The van der Waals surface area contributed by atoms with Crippen LogP contribution in [0.5, 0.6) is 0 Å². The van der Waals surface area contributed by atoms with Gasteiger partial charge in [0.1, 0.15) is 15.4 Å². The first-order valence-electron chi connectivity index (χ1n) is 9.77. The first-order chi connectivity index (χ1) is 14.8. The van der Waals surface area contributed by atoms with Gasteiger partial charge in [-0.3, -0.25) is 4.79 Å². The summed E-state index contributed by atoms with van der Waals surface area (Å²) in [5.41, 5.74) is 3.26. The summed E-state index contributed by atoms with van der Waals surface area (Å²) in [7, 11) is -3.32. The summed E-state index contributed by atoms with van der Waals surface area (Å²) in [5, 5.41) is 3.27. The molecule has 158 valence electrons. The third-order valence-corrected chi connectivity index (χ3v) is 8.02. The third kappa shape index (κ3) is 4.65. The van der Waals surface area contributed by atoms with Crippen LogP contribution >= 0.6 is 11.3 Å². The Bertz CT molecular complexity index is 1290. The van der Waals surface area contributed by atoms with E-state index in [1.54, 1.807) is 44.3 Å². The van der Waals surface area contributed by atoms with Gasteiger partial charge in [0.15, 0.2) is 9.84 Å². The topological polar surface area (TPSA) is 89.0 Å². The molecule has 6 nitrogen and oxygen atoms in total. The van der Waals surface area contributed by atoms with Gasteiger partial charge in [0.2, 0.25) is 5.91 Å². The zero-order chi connectivity index (χ0) is 22.0. The van der Waals surface area contributed by atoms with Gasteiger partial charge in [0.05, 0.1) is 16.6 Å². The number of sulfone groups is 1. The Morgan fingerprint density at radius 1 is 1.03 bits per heavy atom. The summed E-state index contributed by atoms with van der Waals surface area (Å²) in [6.07, 6.45) is 1.91. The first kappa shape index (κ1) is 21.1. The number of hydrogen-bond acceptors (Lipinski definition) is 6. The minimum absolute atomic E-state index is 0.160. The van der Waals surface area contributed by atoms with Gasteiger partial charge in [-0.1, -0.05) is 23.5 Å². The lowest BCUT2D eigenvalue weighted by molar-refractivity contribution is -0.115. The van der Waals surface area contributed by atoms with Crippen LogP contribution < -0.4 is 5.32 Å². The zero-order valence-electron chi connectivity index (χ0n) is 17.1. The van der Waals surface area contributed by atoms with Gasteiger partial charge < -0.3 is 5.32 Å². The lowest BCUT2D eigenvalue weighted by atomic mass is 10.1. The highest BCUT2D eigenvalue weighted by molar-refractivity contribution is 7.92. The highest BCUT2D eigenvalue weighted by atomic mass is 32.2. The highest BCUT2D eigenvalue weighted by Crippen LogP contribution is 2.29. The second kappa shape index (κ2) is 8.56. The summed E-state index contributed by atoms with van der Waals surface area (Å²) >= 11 is 1.52. The number of fused-ring (bicyclic) bond motifs is 1. The number of rotatable bonds is 6. The fourth-order valence-corrected chi connectivity index (χ4v) is 5.02. The van der Waals surface area contributed by atoms with Gasteiger partial charge in [-0.05, 0) is 67.9 Å². The molecule has 0 saturated heterocycles. The van der Waals surface area contributed by atoms with Crippen LogP contribution in [0, 0.1) is 0 Å². The lowest BCUT2D eigenvalue weighted by Gasteiger charge is -2.09. The average molecular weight is 452 g/mol. The van der Waals surface area contributed by atoms with E-state index in [4.69, 9.17) is 0 Å². The van der Waals surface area contributed by atoms with Crippen LogP contribution in [0.25, 0.3) is 20.9 Å². The van der Waals surface area contributed by atoms with Crippen LogP contribution in [0.15, 0.2) is 71.8 Å². The molecule has 0 saturated carbocycles. The molecule has 2 heterocycles. The number of amides is 1. The number of thiazole rings is 1. The molecule has 0 radical (unpaired) electrons. The van der Waals surface area contributed by atoms with Crippen LogP contribution in [0.2, 0.25) is 0 Å². The molecule has 1 N–H and O–H groups in total. The summed E-state index contributed by atoms with van der Waals surface area (Å²) < 4.78 is 24.4. The van der Waals surface area contributed by atoms with Crippen molar-refractivity contribution < 1.29 is 13.2 Å². The highest BCUT2D eigenvalue weighted by Gasteiger charge is 2.18. The molecule has 0 aliphatic heterocycles. The molecule has 0 bridgehead atoms. The molecule has 0 aliphatic rings. The Hall–Kier alpha value is -3.10. The number of aromatic nitrogens is 2. The van der Waals surface area contributed by atoms with Crippen LogP contribution in [0.4, 0.5) is 5.69 Å². The predicted octanol–water partition coefficient (Wildman–Crippen LogP) is 4.72. The summed E-state index contributed by atoms with van der Waals surface area (Å²) in [5.74, 6) is -0.170. The van der Waals surface area contributed by atoms with E-state index in [1.807, 2.05) is 36.4 Å². The maximum absolute atomic E-state index is 12.4. The number of nitrogens with one attached hydrogen (secondary N) is 1. The van der Waals surface area contributed by atoms with Gasteiger partial charge in [-0.25, -0.2) is 18.4 Å². The molecule has 2 aromatic carbocycles. The van der Waals surface area contributed by atoms with E-state index < -0.39 is 15.1 Å². The standard InChI is InChI=1S/C23H21N3O3S2/c1-15(2)31(28,29)19-11-5-16(6-12-19)14-21(27)25-18-9-7-17(8-10-18)22-26-20-4-3-13-24-23(20)30-22/h3-13,15H,14H2,1-2H3,(H,25,27). The van der Waals surface area contributed by atoms with Crippen LogP contribution in [-0.4, -0.2) is 29.5 Å². The van der Waals surface area contributed by atoms with Crippen molar-refractivity contribution in [2.24, 2.45) is 0 Å². The van der Waals surface area contributed by atoms with Crippen molar-refractivity contribution >= 4 is 43.1 Å². The van der Waals surface area contributed by atoms with E-state index in [1.165, 1.54) is 11.3 Å². The SMILES string of the molecule is CC(C)S(=O)(=O)c1ccc(CC(=O)Nc2ccc(-c3nc4cccnc4s3)cc2)cc1. The molecular formula is C23H21N3O3S2. The number of carbonyl (C=O) groups excluding carboxylic acids is 1. The smallest absolute Gasteiger partial charge is 0.228 e. The van der Waals surface area contributed by atoms with Gasteiger partial charge >= 0.3 is 0 Å². The Morgan fingerprint density at radius 2 is 1.74 bits per heavy atom. The van der Waals surface area contributed by atoms with Crippen molar-refractivity contribution in [3.8, 4) is 10.6 Å². The molecule has 31 heavy (non-hydrogen) atoms. The number of benzene rings is 2. The van der Waals surface area contributed by atoms with E-state index in [-0.39, 0.29) is 17.2 Å². The Kier molecular flexibility index (Phi) is 5.84. The number of carbonyl (C=O) groups is 1. The fraction of sp³-hybridized carbons (Fsp3) is 0.174. The molecular weight excluding hydrogens is 430 g/mol. The minimum Gasteiger partial charge on any atom is -0.326 e. The fourth-order valence-electron chi connectivity index (χ4n) is 3.05. The van der Waals surface area contributed by atoms with Crippen LogP contribution in [-0.2, 0) is 21.1 Å². The molecule has 0 unspecified atom stereocenters. The second-order valence-electron chi connectivity index (χ2n) is 7.39. The zero-order valence-corrected chi connectivity index (χ0v) is 18.7. The van der Waals surface area contributed by atoms with Gasteiger partial charge in [0.25, 0.3) is 0 Å². The van der Waals surface area contributed by atoms with Crippen molar-refractivity contribution in [3.63, 3.8) is 0 Å². The molecule has 1 amide bonds. The van der Waals surface area contributed by atoms with Crippen molar-refractivity contribution in [2.45, 2.75) is 30.4 Å². The number of nitrogens with zero attached hydrogens (tertiary/aromatic N) is 2. The van der Waals surface area contributed by atoms with Crippen LogP contribution in [0.3, 0.4) is 0 Å². The predicted molar refractivity (Wildman–Crippen MR) is 124 cm³/mol. The largest absolute Gasteiger partial charge is 0.326 e. The van der Waals surface area contributed by atoms with E-state index in [0.717, 1.165) is 26.5 Å². The quantitative estimate of drug-likeness (QED) is 0.458.